The van der Waals surface area contributed by atoms with Crippen LogP contribution in [0.25, 0.3) is 22.5 Å². The van der Waals surface area contributed by atoms with E-state index < -0.39 is 11.6 Å². The molecule has 0 atom stereocenters. The normalized spacial score (nSPS) is 11.8. The Labute approximate surface area is 151 Å². The summed E-state index contributed by atoms with van der Waals surface area (Å²) in [5.74, 6) is -0.439. The lowest BCUT2D eigenvalue weighted by molar-refractivity contribution is -0.148. The molecule has 0 fully saturated rings. The van der Waals surface area contributed by atoms with E-state index in [1.54, 1.807) is 24.4 Å². The van der Waals surface area contributed by atoms with E-state index >= 15 is 0 Å². The summed E-state index contributed by atoms with van der Waals surface area (Å²) in [5, 5.41) is 5.66. The number of esters is 1. The third-order valence-electron chi connectivity index (χ3n) is 3.67. The molecule has 1 aromatic heterocycles. The zero-order valence-corrected chi connectivity index (χ0v) is 15.0. The molecule has 0 aliphatic carbocycles. The number of benzene rings is 2. The lowest BCUT2D eigenvalue weighted by Gasteiger charge is -2.18. The average molecular weight is 348 g/mol. The fourth-order valence-electron chi connectivity index (χ4n) is 2.58. The minimum atomic E-state index is -0.558. The number of carbonyl (C=O) groups is 1. The summed E-state index contributed by atoms with van der Waals surface area (Å²) in [6.07, 6.45) is 4.65. The lowest BCUT2D eigenvalue weighted by Crippen LogP contribution is -2.22. The van der Waals surface area contributed by atoms with Crippen molar-refractivity contribution in [2.75, 3.05) is 0 Å². The van der Waals surface area contributed by atoms with Crippen molar-refractivity contribution in [2.24, 2.45) is 0 Å². The Morgan fingerprint density at radius 2 is 1.77 bits per heavy atom. The highest BCUT2D eigenvalue weighted by molar-refractivity contribution is 5.88. The molecule has 0 amide bonds. The zero-order valence-electron chi connectivity index (χ0n) is 15.0. The molecular weight excluding hydrogens is 328 g/mol. The van der Waals surface area contributed by atoms with Gasteiger partial charge in [0.05, 0.1) is 17.3 Å². The molecule has 0 N–H and O–H groups in total. The van der Waals surface area contributed by atoms with Crippen LogP contribution in [-0.2, 0) is 9.53 Å². The first-order valence-corrected chi connectivity index (χ1v) is 8.33. The van der Waals surface area contributed by atoms with Gasteiger partial charge in [-0.25, -0.2) is 4.79 Å². The van der Waals surface area contributed by atoms with Crippen molar-refractivity contribution in [3.05, 3.63) is 76.7 Å². The lowest BCUT2D eigenvalue weighted by atomic mass is 10.1. The summed E-state index contributed by atoms with van der Waals surface area (Å²) in [6, 6.07) is 14.6. The monoisotopic (exact) mass is 348 g/mol. The standard InChI is InChI=1S/C21H20N2O3/c1-21(2,3)26-19(24)13-12-15-8-5-7-11-18(15)23-20(25)17-10-6-4-9-16(17)14-22-23/h4-14H,1-3H3/b13-12+. The topological polar surface area (TPSA) is 61.2 Å². The van der Waals surface area contributed by atoms with E-state index in [0.29, 0.717) is 16.6 Å². The van der Waals surface area contributed by atoms with E-state index in [-0.39, 0.29) is 5.56 Å². The molecule has 2 aromatic carbocycles. The molecule has 0 aliphatic heterocycles. The summed E-state index contributed by atoms with van der Waals surface area (Å²) in [7, 11) is 0. The molecule has 1 heterocycles. The maximum Gasteiger partial charge on any atom is 0.331 e. The molecular formula is C21H20N2O3. The smallest absolute Gasteiger partial charge is 0.331 e. The molecule has 3 rings (SSSR count). The zero-order chi connectivity index (χ0) is 18.7. The fraction of sp³-hybridized carbons (Fsp3) is 0.190. The van der Waals surface area contributed by atoms with E-state index in [1.165, 1.54) is 10.8 Å². The van der Waals surface area contributed by atoms with Crippen LogP contribution in [0.3, 0.4) is 0 Å². The van der Waals surface area contributed by atoms with Gasteiger partial charge < -0.3 is 4.74 Å². The van der Waals surface area contributed by atoms with Crippen LogP contribution in [0.15, 0.2) is 65.6 Å². The maximum absolute atomic E-state index is 12.8. The molecule has 5 nitrogen and oxygen atoms in total. The largest absolute Gasteiger partial charge is 0.457 e. The van der Waals surface area contributed by atoms with Gasteiger partial charge in [-0.05, 0) is 39.0 Å². The average Bonchev–Trinajstić information content (AvgIpc) is 2.59. The number of fused-ring (bicyclic) bond motifs is 1. The second-order valence-corrected chi connectivity index (χ2v) is 6.87. The van der Waals surface area contributed by atoms with Gasteiger partial charge >= 0.3 is 5.97 Å². The quantitative estimate of drug-likeness (QED) is 0.534. The third-order valence-corrected chi connectivity index (χ3v) is 3.67. The molecule has 0 unspecified atom stereocenters. The van der Waals surface area contributed by atoms with Crippen LogP contribution in [0.2, 0.25) is 0 Å². The van der Waals surface area contributed by atoms with Crippen LogP contribution in [-0.4, -0.2) is 21.4 Å². The van der Waals surface area contributed by atoms with Crippen LogP contribution < -0.4 is 5.56 Å². The molecule has 0 radical (unpaired) electrons. The molecule has 0 saturated carbocycles. The number of rotatable bonds is 3. The van der Waals surface area contributed by atoms with Gasteiger partial charge in [-0.15, -0.1) is 0 Å². The number of hydrogen-bond acceptors (Lipinski definition) is 4. The van der Waals surface area contributed by atoms with Crippen molar-refractivity contribution >= 4 is 22.8 Å². The van der Waals surface area contributed by atoms with Gasteiger partial charge in [0.1, 0.15) is 5.60 Å². The van der Waals surface area contributed by atoms with Crippen LogP contribution in [0.4, 0.5) is 0 Å². The van der Waals surface area contributed by atoms with Crippen LogP contribution in [0.1, 0.15) is 26.3 Å². The third kappa shape index (κ3) is 3.88. The van der Waals surface area contributed by atoms with Crippen molar-refractivity contribution in [3.63, 3.8) is 0 Å². The number of hydrogen-bond donors (Lipinski definition) is 0. The second kappa shape index (κ2) is 6.96. The van der Waals surface area contributed by atoms with E-state index in [4.69, 9.17) is 4.74 Å². The molecule has 5 heteroatoms. The van der Waals surface area contributed by atoms with Gasteiger partial charge in [0.15, 0.2) is 0 Å². The predicted octanol–water partition coefficient (Wildman–Crippen LogP) is 3.74. The van der Waals surface area contributed by atoms with Crippen LogP contribution in [0, 0.1) is 0 Å². The van der Waals surface area contributed by atoms with Gasteiger partial charge in [0, 0.05) is 17.0 Å². The van der Waals surface area contributed by atoms with Gasteiger partial charge in [-0.1, -0.05) is 36.4 Å². The highest BCUT2D eigenvalue weighted by atomic mass is 16.6. The second-order valence-electron chi connectivity index (χ2n) is 6.87. The number of para-hydroxylation sites is 1. The van der Waals surface area contributed by atoms with Crippen molar-refractivity contribution in [2.45, 2.75) is 26.4 Å². The molecule has 0 saturated heterocycles. The highest BCUT2D eigenvalue weighted by Crippen LogP contribution is 2.16. The van der Waals surface area contributed by atoms with Crippen molar-refractivity contribution in [1.82, 2.24) is 9.78 Å². The van der Waals surface area contributed by atoms with E-state index in [2.05, 4.69) is 5.10 Å². The minimum absolute atomic E-state index is 0.207. The molecule has 0 bridgehead atoms. The van der Waals surface area contributed by atoms with Crippen molar-refractivity contribution < 1.29 is 9.53 Å². The van der Waals surface area contributed by atoms with Crippen LogP contribution in [0.5, 0.6) is 0 Å². The molecule has 132 valence electrons. The number of aromatic nitrogens is 2. The van der Waals surface area contributed by atoms with E-state index in [1.807, 2.05) is 57.2 Å². The Balaban J connectivity index is 2.02. The summed E-state index contributed by atoms with van der Waals surface area (Å²) in [5.41, 5.74) is 0.533. The summed E-state index contributed by atoms with van der Waals surface area (Å²) in [6.45, 7) is 5.43. The van der Waals surface area contributed by atoms with Crippen LogP contribution >= 0.6 is 0 Å². The highest BCUT2D eigenvalue weighted by Gasteiger charge is 2.14. The van der Waals surface area contributed by atoms with Gasteiger partial charge in [-0.3, -0.25) is 4.79 Å². The van der Waals surface area contributed by atoms with E-state index in [9.17, 15) is 9.59 Å². The SMILES string of the molecule is CC(C)(C)OC(=O)/C=C/c1ccccc1-n1ncc2ccccc2c1=O. The van der Waals surface area contributed by atoms with Gasteiger partial charge in [0.25, 0.3) is 5.56 Å². The first-order chi connectivity index (χ1) is 12.3. The first-order valence-electron chi connectivity index (χ1n) is 8.33. The van der Waals surface area contributed by atoms with Gasteiger partial charge in [0.2, 0.25) is 0 Å². The predicted molar refractivity (Wildman–Crippen MR) is 102 cm³/mol. The van der Waals surface area contributed by atoms with Crippen molar-refractivity contribution in [3.8, 4) is 5.69 Å². The molecule has 0 aliphatic rings. The molecule has 26 heavy (non-hydrogen) atoms. The Morgan fingerprint density at radius 1 is 1.08 bits per heavy atom. The summed E-state index contributed by atoms with van der Waals surface area (Å²) < 4.78 is 6.62. The summed E-state index contributed by atoms with van der Waals surface area (Å²) in [4.78, 5) is 24.7. The fourth-order valence-corrected chi connectivity index (χ4v) is 2.58. The minimum Gasteiger partial charge on any atom is -0.457 e. The Bertz CT molecular complexity index is 1040. The maximum atomic E-state index is 12.8. The van der Waals surface area contributed by atoms with Gasteiger partial charge in [-0.2, -0.15) is 9.78 Å². The number of ether oxygens (including phenoxy) is 1. The van der Waals surface area contributed by atoms with Crippen molar-refractivity contribution in [1.29, 1.82) is 0 Å². The molecule has 3 aromatic rings. The van der Waals surface area contributed by atoms with E-state index in [0.717, 1.165) is 5.39 Å². The Hall–Kier alpha value is -3.21. The number of nitrogens with zero attached hydrogens (tertiary/aromatic N) is 2. The first kappa shape index (κ1) is 17.6. The number of carbonyl (C=O) groups excluding carboxylic acids is 1. The Morgan fingerprint density at radius 3 is 2.54 bits per heavy atom. The molecule has 0 spiro atoms. The Kier molecular flexibility index (Phi) is 4.71. The summed E-state index contributed by atoms with van der Waals surface area (Å²) >= 11 is 0.